The number of hydrogen-bond donors (Lipinski definition) is 1. The summed E-state index contributed by atoms with van der Waals surface area (Å²) in [7, 11) is 1.54. The van der Waals surface area contributed by atoms with Crippen molar-refractivity contribution in [1.82, 2.24) is 20.2 Å². The maximum atomic E-state index is 12.9. The molecular weight excluding hydrogens is 570 g/mol. The Morgan fingerprint density at radius 1 is 0.974 bits per heavy atom. The summed E-state index contributed by atoms with van der Waals surface area (Å²) in [5.41, 5.74) is 4.37. The topological polar surface area (TPSA) is 104 Å². The molecule has 0 amide bonds. The van der Waals surface area contributed by atoms with Gasteiger partial charge in [-0.1, -0.05) is 12.1 Å². The van der Waals surface area contributed by atoms with Gasteiger partial charge in [0, 0.05) is 36.7 Å². The van der Waals surface area contributed by atoms with Crippen LogP contribution in [-0.4, -0.2) is 92.8 Å². The highest BCUT2D eigenvalue weighted by Gasteiger charge is 2.38. The van der Waals surface area contributed by atoms with Crippen LogP contribution in [0.15, 0.2) is 68.7 Å². The van der Waals surface area contributed by atoms with Crippen molar-refractivity contribution >= 4 is 39.9 Å². The molecule has 2 aromatic carbocycles. The number of carbonyl (C=O) groups is 1. The summed E-state index contributed by atoms with van der Waals surface area (Å²) in [6, 6.07) is 12.5. The van der Waals surface area contributed by atoms with E-state index in [0.717, 1.165) is 17.3 Å². The summed E-state index contributed by atoms with van der Waals surface area (Å²) in [5, 5.41) is 8.86. The fourth-order valence-corrected chi connectivity index (χ4v) is 5.15. The third kappa shape index (κ3) is 5.00. The van der Waals surface area contributed by atoms with Crippen molar-refractivity contribution in [3.05, 3.63) is 64.1 Å². The predicted octanol–water partition coefficient (Wildman–Crippen LogP) is 2.41. The first kappa shape index (κ1) is 25.5. The Balaban J connectivity index is 1.37. The standard InChI is InChI=1S/C26H28BrN7O5/c1-36-22-16-18(6-7-21(22)39-25(35)19-4-2-3-5-20(19)27)33-24(31-8-12-37-13-9-31)23-28-17-29-34(23)26(30-33)32-10-14-38-15-11-32/h2-7,16-17H,8-15H2,1H3,(H,28,29). The number of hydrazine groups is 1. The van der Waals surface area contributed by atoms with Gasteiger partial charge in [0.15, 0.2) is 23.1 Å². The van der Waals surface area contributed by atoms with Gasteiger partial charge in [-0.05, 0) is 40.2 Å². The van der Waals surface area contributed by atoms with Crippen LogP contribution in [0.2, 0.25) is 0 Å². The molecule has 0 saturated carbocycles. The van der Waals surface area contributed by atoms with Gasteiger partial charge in [0.2, 0.25) is 5.96 Å². The van der Waals surface area contributed by atoms with Crippen LogP contribution in [0, 0.1) is 0 Å². The second-order valence-corrected chi connectivity index (χ2v) is 9.84. The van der Waals surface area contributed by atoms with E-state index < -0.39 is 5.97 Å². The van der Waals surface area contributed by atoms with E-state index >= 15 is 0 Å². The molecule has 4 aliphatic heterocycles. The van der Waals surface area contributed by atoms with Gasteiger partial charge in [0.1, 0.15) is 6.34 Å². The van der Waals surface area contributed by atoms with Crippen molar-refractivity contribution in [3.8, 4) is 11.5 Å². The monoisotopic (exact) mass is 597 g/mol. The summed E-state index contributed by atoms with van der Waals surface area (Å²) in [6.07, 6.45) is 1.67. The number of methoxy groups -OCH3 is 1. The molecule has 0 unspecified atom stereocenters. The molecule has 0 spiro atoms. The summed E-state index contributed by atoms with van der Waals surface area (Å²) >= 11 is 3.41. The van der Waals surface area contributed by atoms with E-state index in [0.29, 0.717) is 80.1 Å². The van der Waals surface area contributed by atoms with Gasteiger partial charge in [0.05, 0.1) is 44.8 Å². The zero-order valence-electron chi connectivity index (χ0n) is 21.4. The Kier molecular flexibility index (Phi) is 7.26. The van der Waals surface area contributed by atoms with Crippen molar-refractivity contribution in [2.75, 3.05) is 64.7 Å². The van der Waals surface area contributed by atoms with Gasteiger partial charge < -0.3 is 28.7 Å². The second-order valence-electron chi connectivity index (χ2n) is 8.99. The molecule has 4 aliphatic rings. The average molecular weight is 598 g/mol. The first-order valence-electron chi connectivity index (χ1n) is 12.7. The highest BCUT2D eigenvalue weighted by molar-refractivity contribution is 9.10. The minimum absolute atomic E-state index is 0.305. The Morgan fingerprint density at radius 3 is 2.41 bits per heavy atom. The highest BCUT2D eigenvalue weighted by atomic mass is 79.9. The number of esters is 1. The van der Waals surface area contributed by atoms with E-state index in [1.54, 1.807) is 37.7 Å². The number of ether oxygens (including phenoxy) is 4. The van der Waals surface area contributed by atoms with E-state index in [-0.39, 0.29) is 0 Å². The molecule has 39 heavy (non-hydrogen) atoms. The van der Waals surface area contributed by atoms with Crippen LogP contribution in [0.1, 0.15) is 10.4 Å². The first-order valence-corrected chi connectivity index (χ1v) is 13.5. The molecule has 1 N–H and O–H groups in total. The third-order valence-corrected chi connectivity index (χ3v) is 7.36. The number of carbonyl (C=O) groups excluding carboxylic acids is 1. The quantitative estimate of drug-likeness (QED) is 0.408. The van der Waals surface area contributed by atoms with Crippen molar-refractivity contribution in [1.29, 1.82) is 0 Å². The van der Waals surface area contributed by atoms with Gasteiger partial charge in [-0.15, -0.1) is 5.10 Å². The maximum absolute atomic E-state index is 12.9. The van der Waals surface area contributed by atoms with E-state index in [9.17, 15) is 4.79 Å². The Morgan fingerprint density at radius 2 is 1.69 bits per heavy atom. The fraction of sp³-hybridized carbons (Fsp3) is 0.346. The van der Waals surface area contributed by atoms with Crippen LogP contribution >= 0.6 is 15.9 Å². The minimum atomic E-state index is -0.489. The molecule has 0 aromatic heterocycles. The number of halogens is 1. The van der Waals surface area contributed by atoms with Crippen LogP contribution in [0.3, 0.4) is 0 Å². The minimum Gasteiger partial charge on any atom is -0.493 e. The molecule has 0 radical (unpaired) electrons. The smallest absolute Gasteiger partial charge is 0.344 e. The number of benzene rings is 2. The van der Waals surface area contributed by atoms with Gasteiger partial charge in [-0.25, -0.2) is 14.8 Å². The van der Waals surface area contributed by atoms with Crippen LogP contribution in [0.4, 0.5) is 5.69 Å². The first-order chi connectivity index (χ1) is 19.1. The molecule has 0 aliphatic carbocycles. The zero-order valence-corrected chi connectivity index (χ0v) is 23.0. The van der Waals surface area contributed by atoms with Crippen LogP contribution in [-0.2, 0) is 9.47 Å². The predicted molar refractivity (Wildman–Crippen MR) is 147 cm³/mol. The van der Waals surface area contributed by atoms with Gasteiger partial charge in [0.25, 0.3) is 0 Å². The van der Waals surface area contributed by atoms with Crippen molar-refractivity contribution in [2.24, 2.45) is 10.1 Å². The molecule has 2 fully saturated rings. The number of nitrogens with one attached hydrogen (secondary N) is 1. The number of hydrogen-bond acceptors (Lipinski definition) is 12. The molecule has 2 aromatic rings. The number of hydrazone groups is 1. The van der Waals surface area contributed by atoms with E-state index in [1.165, 1.54) is 0 Å². The number of fused-ring (bicyclic) bond motifs is 1. The van der Waals surface area contributed by atoms with E-state index in [2.05, 4.69) is 36.1 Å². The lowest BCUT2D eigenvalue weighted by Crippen LogP contribution is -2.56. The molecule has 13 heteroatoms. The summed E-state index contributed by atoms with van der Waals surface area (Å²) in [6.45, 7) is 5.25. The summed E-state index contributed by atoms with van der Waals surface area (Å²) in [5.74, 6) is 2.48. The average Bonchev–Trinajstić information content (AvgIpc) is 3.47. The lowest BCUT2D eigenvalue weighted by atomic mass is 10.2. The normalized spacial score (nSPS) is 19.1. The number of aliphatic imine (C=N–C) groups is 1. The SMILES string of the molecule is COc1cc(N2N=C(N3CCOCC3)N3NC=NC3=C2N2CCOCC2)ccc1OC(=O)c1ccccc1Br. The van der Waals surface area contributed by atoms with E-state index in [4.69, 9.17) is 24.0 Å². The van der Waals surface area contributed by atoms with Crippen molar-refractivity contribution in [2.45, 2.75) is 0 Å². The van der Waals surface area contributed by atoms with Crippen LogP contribution < -0.4 is 19.9 Å². The maximum Gasteiger partial charge on any atom is 0.344 e. The molecule has 6 rings (SSSR count). The second kappa shape index (κ2) is 11.1. The number of morpholine rings is 2. The van der Waals surface area contributed by atoms with Crippen molar-refractivity contribution in [3.63, 3.8) is 0 Å². The van der Waals surface area contributed by atoms with Gasteiger partial charge in [-0.2, -0.15) is 5.01 Å². The molecule has 0 atom stereocenters. The molecule has 204 valence electrons. The fourth-order valence-electron chi connectivity index (χ4n) is 4.71. The number of guanidine groups is 1. The lowest BCUT2D eigenvalue weighted by Gasteiger charge is -2.42. The number of anilines is 1. The summed E-state index contributed by atoms with van der Waals surface area (Å²) in [4.78, 5) is 21.9. The number of nitrogens with zero attached hydrogens (tertiary/aromatic N) is 6. The summed E-state index contributed by atoms with van der Waals surface area (Å²) < 4.78 is 23.2. The third-order valence-electron chi connectivity index (χ3n) is 6.67. The molecule has 0 bridgehead atoms. The van der Waals surface area contributed by atoms with Crippen LogP contribution in [0.5, 0.6) is 11.5 Å². The van der Waals surface area contributed by atoms with Crippen LogP contribution in [0.25, 0.3) is 0 Å². The van der Waals surface area contributed by atoms with Gasteiger partial charge >= 0.3 is 5.97 Å². The molecule has 12 nitrogen and oxygen atoms in total. The molecule has 2 saturated heterocycles. The molecule has 4 heterocycles. The largest absolute Gasteiger partial charge is 0.493 e. The number of rotatable bonds is 5. The highest BCUT2D eigenvalue weighted by Crippen LogP contribution is 2.38. The Bertz CT molecular complexity index is 1340. The Labute approximate surface area is 234 Å². The van der Waals surface area contributed by atoms with E-state index in [1.807, 2.05) is 28.2 Å². The van der Waals surface area contributed by atoms with Gasteiger partial charge in [-0.3, -0.25) is 5.43 Å². The lowest BCUT2D eigenvalue weighted by molar-refractivity contribution is 0.0487. The Hall–Kier alpha value is -3.81. The molecular formula is C26H28BrN7O5. The van der Waals surface area contributed by atoms with Crippen molar-refractivity contribution < 1.29 is 23.7 Å². The zero-order chi connectivity index (χ0) is 26.8.